The molecule has 9 unspecified atom stereocenters. The van der Waals surface area contributed by atoms with E-state index >= 15 is 0 Å². The monoisotopic (exact) mass is 748 g/mol. The van der Waals surface area contributed by atoms with Gasteiger partial charge in [-0.1, -0.05) is 174 Å². The Labute approximate surface area is 316 Å². The van der Waals surface area contributed by atoms with Crippen LogP contribution in [0.4, 0.5) is 0 Å². The second-order valence-corrected chi connectivity index (χ2v) is 15.4. The highest BCUT2D eigenvalue weighted by atomic mass is 16.7. The van der Waals surface area contributed by atoms with Gasteiger partial charge in [0.2, 0.25) is 5.91 Å². The maximum absolute atomic E-state index is 13.0. The molecule has 0 spiro atoms. The van der Waals surface area contributed by atoms with Gasteiger partial charge in [0.25, 0.3) is 0 Å². The van der Waals surface area contributed by atoms with E-state index in [1.54, 1.807) is 0 Å². The Morgan fingerprint density at radius 1 is 0.596 bits per heavy atom. The van der Waals surface area contributed by atoms with Crippen LogP contribution < -0.4 is 5.32 Å². The topological polar surface area (TPSA) is 189 Å². The lowest BCUT2D eigenvalue weighted by Crippen LogP contribution is -2.60. The number of hydrogen-bond donors (Lipinski definition) is 8. The van der Waals surface area contributed by atoms with E-state index in [0.717, 1.165) is 38.5 Å². The first-order valence-corrected chi connectivity index (χ1v) is 21.4. The average Bonchev–Trinajstić information content (AvgIpc) is 3.14. The second kappa shape index (κ2) is 32.4. The Morgan fingerprint density at radius 3 is 1.42 bits per heavy atom. The van der Waals surface area contributed by atoms with Crippen LogP contribution in [0.2, 0.25) is 0 Å². The van der Waals surface area contributed by atoms with Gasteiger partial charge < -0.3 is 50.5 Å². The summed E-state index contributed by atoms with van der Waals surface area (Å²) in [5.41, 5.74) is 0. The van der Waals surface area contributed by atoms with E-state index in [1.807, 2.05) is 0 Å². The summed E-state index contributed by atoms with van der Waals surface area (Å²) < 4.78 is 11.0. The van der Waals surface area contributed by atoms with Gasteiger partial charge in [0.05, 0.1) is 25.4 Å². The summed E-state index contributed by atoms with van der Waals surface area (Å²) in [7, 11) is 0. The summed E-state index contributed by atoms with van der Waals surface area (Å²) in [5.74, 6) is -0.700. The van der Waals surface area contributed by atoms with Crippen molar-refractivity contribution in [3.8, 4) is 0 Å². The fourth-order valence-corrected chi connectivity index (χ4v) is 7.03. The molecule has 0 radical (unpaired) electrons. The van der Waals surface area contributed by atoms with E-state index in [9.17, 15) is 40.5 Å². The van der Waals surface area contributed by atoms with Crippen molar-refractivity contribution in [1.29, 1.82) is 0 Å². The molecule has 9 atom stereocenters. The van der Waals surface area contributed by atoms with Gasteiger partial charge in [0.1, 0.15) is 36.6 Å². The third-order valence-corrected chi connectivity index (χ3v) is 10.7. The first-order chi connectivity index (χ1) is 25.2. The Balaban J connectivity index is 2.46. The molecule has 1 aliphatic heterocycles. The number of rotatable bonds is 35. The summed E-state index contributed by atoms with van der Waals surface area (Å²) in [4.78, 5) is 13.0. The molecule has 0 aliphatic carbocycles. The van der Waals surface area contributed by atoms with Crippen molar-refractivity contribution in [1.82, 2.24) is 5.32 Å². The number of aliphatic hydroxyl groups is 7. The molecule has 52 heavy (non-hydrogen) atoms. The van der Waals surface area contributed by atoms with E-state index in [-0.39, 0.29) is 6.42 Å². The van der Waals surface area contributed by atoms with Crippen LogP contribution >= 0.6 is 0 Å². The molecule has 310 valence electrons. The summed E-state index contributed by atoms with van der Waals surface area (Å²) in [5, 5.41) is 75.3. The van der Waals surface area contributed by atoms with E-state index < -0.39 is 74.2 Å². The van der Waals surface area contributed by atoms with Gasteiger partial charge in [-0.3, -0.25) is 4.79 Å². The predicted octanol–water partition coefficient (Wildman–Crippen LogP) is 5.94. The molecule has 1 aliphatic rings. The van der Waals surface area contributed by atoms with Crippen LogP contribution in [0.5, 0.6) is 0 Å². The molecule has 0 aromatic carbocycles. The Kier molecular flexibility index (Phi) is 30.6. The van der Waals surface area contributed by atoms with Gasteiger partial charge in [0, 0.05) is 0 Å². The number of amides is 1. The zero-order chi connectivity index (χ0) is 38.4. The van der Waals surface area contributed by atoms with Crippen LogP contribution in [0.3, 0.4) is 0 Å². The minimum absolute atomic E-state index is 0.263. The summed E-state index contributed by atoms with van der Waals surface area (Å²) in [6.45, 7) is 3.39. The van der Waals surface area contributed by atoms with Crippen molar-refractivity contribution in [3.63, 3.8) is 0 Å². The first kappa shape index (κ1) is 49.1. The summed E-state index contributed by atoms with van der Waals surface area (Å²) >= 11 is 0. The third kappa shape index (κ3) is 22.5. The molecule has 0 aromatic rings. The molecule has 1 rings (SSSR count). The molecule has 0 bridgehead atoms. The number of hydrogen-bond acceptors (Lipinski definition) is 10. The fourth-order valence-electron chi connectivity index (χ4n) is 7.03. The number of nitrogens with one attached hydrogen (secondary N) is 1. The summed E-state index contributed by atoms with van der Waals surface area (Å²) in [6.07, 6.45) is 18.9. The predicted molar refractivity (Wildman–Crippen MR) is 206 cm³/mol. The lowest BCUT2D eigenvalue weighted by molar-refractivity contribution is -0.303. The second-order valence-electron chi connectivity index (χ2n) is 15.4. The maximum Gasteiger partial charge on any atom is 0.249 e. The summed E-state index contributed by atoms with van der Waals surface area (Å²) in [6, 6.07) is -1.16. The normalized spacial score (nSPS) is 23.0. The van der Waals surface area contributed by atoms with Gasteiger partial charge >= 0.3 is 0 Å². The fraction of sp³-hybridized carbons (Fsp3) is 0.976. The van der Waals surface area contributed by atoms with Crippen LogP contribution in [-0.4, -0.2) is 110 Å². The van der Waals surface area contributed by atoms with Crippen molar-refractivity contribution in [2.75, 3.05) is 13.2 Å². The number of aliphatic hydroxyl groups excluding tert-OH is 7. The SMILES string of the molecule is CCCCCCCCCCCCCCCCCCCC(O)C(O)C(COC1OC(CO)C(O)C(O)C1O)NC(=O)C(O)CCCCCCCCCC. The average molecular weight is 748 g/mol. The molecule has 1 fully saturated rings. The van der Waals surface area contributed by atoms with Crippen LogP contribution in [0.15, 0.2) is 0 Å². The smallest absolute Gasteiger partial charge is 0.249 e. The van der Waals surface area contributed by atoms with Crippen molar-refractivity contribution in [2.45, 2.75) is 242 Å². The quantitative estimate of drug-likeness (QED) is 0.0360. The van der Waals surface area contributed by atoms with Crippen molar-refractivity contribution in [3.05, 3.63) is 0 Å². The molecule has 1 saturated heterocycles. The number of carbonyl (C=O) groups is 1. The van der Waals surface area contributed by atoms with Crippen molar-refractivity contribution >= 4 is 5.91 Å². The lowest BCUT2D eigenvalue weighted by Gasteiger charge is -2.40. The van der Waals surface area contributed by atoms with Crippen LogP contribution in [0, 0.1) is 0 Å². The third-order valence-electron chi connectivity index (χ3n) is 10.7. The highest BCUT2D eigenvalue weighted by molar-refractivity contribution is 5.80. The molecule has 8 N–H and O–H groups in total. The Bertz CT molecular complexity index is 820. The van der Waals surface area contributed by atoms with E-state index in [1.165, 1.54) is 109 Å². The lowest BCUT2D eigenvalue weighted by atomic mass is 9.98. The molecule has 1 amide bonds. The minimum Gasteiger partial charge on any atom is -0.394 e. The number of carbonyl (C=O) groups excluding carboxylic acids is 1. The molecular weight excluding hydrogens is 666 g/mol. The zero-order valence-corrected chi connectivity index (χ0v) is 33.1. The van der Waals surface area contributed by atoms with Gasteiger partial charge in [-0.15, -0.1) is 0 Å². The van der Waals surface area contributed by atoms with Gasteiger partial charge in [0.15, 0.2) is 6.29 Å². The van der Waals surface area contributed by atoms with Gasteiger partial charge in [-0.05, 0) is 12.8 Å². The van der Waals surface area contributed by atoms with E-state index in [4.69, 9.17) is 9.47 Å². The molecular formula is C41H81NO10. The molecule has 1 heterocycles. The highest BCUT2D eigenvalue weighted by Gasteiger charge is 2.44. The zero-order valence-electron chi connectivity index (χ0n) is 33.1. The molecule has 11 heteroatoms. The number of unbranched alkanes of at least 4 members (excludes halogenated alkanes) is 23. The number of ether oxygens (including phenoxy) is 2. The minimum atomic E-state index is -1.65. The highest BCUT2D eigenvalue weighted by Crippen LogP contribution is 2.23. The molecule has 0 saturated carbocycles. The standard InChI is InChI=1S/C41H81NO10/c1-3-5-7-9-11-13-14-15-16-17-18-19-20-21-23-24-26-28-33(44)36(46)32(31-51-41-39(49)38(48)37(47)35(30-43)52-41)42-40(50)34(45)29-27-25-22-12-10-8-6-4-2/h32-39,41,43-49H,3-31H2,1-2H3,(H,42,50). The van der Waals surface area contributed by atoms with Crippen LogP contribution in [0.1, 0.15) is 187 Å². The Morgan fingerprint density at radius 2 is 1.00 bits per heavy atom. The maximum atomic E-state index is 13.0. The van der Waals surface area contributed by atoms with Crippen molar-refractivity contribution < 1.29 is 50.0 Å². The first-order valence-electron chi connectivity index (χ1n) is 21.4. The Hall–Kier alpha value is -0.890. The van der Waals surface area contributed by atoms with Gasteiger partial charge in [-0.25, -0.2) is 0 Å². The van der Waals surface area contributed by atoms with Crippen LogP contribution in [-0.2, 0) is 14.3 Å². The molecule has 0 aromatic heterocycles. The van der Waals surface area contributed by atoms with E-state index in [2.05, 4.69) is 19.2 Å². The van der Waals surface area contributed by atoms with E-state index in [0.29, 0.717) is 19.3 Å². The largest absolute Gasteiger partial charge is 0.394 e. The van der Waals surface area contributed by atoms with Crippen molar-refractivity contribution in [2.24, 2.45) is 0 Å². The van der Waals surface area contributed by atoms with Gasteiger partial charge in [-0.2, -0.15) is 0 Å². The molecule has 11 nitrogen and oxygen atoms in total. The van der Waals surface area contributed by atoms with Crippen LogP contribution in [0.25, 0.3) is 0 Å².